The van der Waals surface area contributed by atoms with Crippen molar-refractivity contribution >= 4 is 22.1 Å². The van der Waals surface area contributed by atoms with Crippen molar-refractivity contribution in [2.24, 2.45) is 5.92 Å². The quantitative estimate of drug-likeness (QED) is 0.402. The zero-order chi connectivity index (χ0) is 6.31. The van der Waals surface area contributed by atoms with Crippen LogP contribution < -0.4 is 0 Å². The summed E-state index contributed by atoms with van der Waals surface area (Å²) >= 11 is 3.12. The molecule has 0 aromatic heterocycles. The van der Waals surface area contributed by atoms with E-state index in [-0.39, 0.29) is 11.8 Å². The monoisotopic (exact) mass is 177 g/mol. The number of hydrogen-bond acceptors (Lipinski definition) is 1. The van der Waals surface area contributed by atoms with Gasteiger partial charge in [0.05, 0.1) is 28.1 Å². The number of hydrogen-bond donors (Lipinski definition) is 0. The van der Waals surface area contributed by atoms with Crippen LogP contribution in [0.5, 0.6) is 0 Å². The van der Waals surface area contributed by atoms with Crippen LogP contribution in [0, 0.1) is 5.92 Å². The summed E-state index contributed by atoms with van der Waals surface area (Å²) < 4.78 is 1.58. The summed E-state index contributed by atoms with van der Waals surface area (Å²) in [5.74, 6) is 0.409. The summed E-state index contributed by atoms with van der Waals surface area (Å²) in [5.41, 5.74) is 0. The van der Waals surface area contributed by atoms with Gasteiger partial charge in [-0.3, -0.25) is 8.72 Å². The number of β-lactam (4-membered cyclic amide) rings is 1. The van der Waals surface area contributed by atoms with Gasteiger partial charge in [-0.05, 0) is 6.92 Å². The Morgan fingerprint density at radius 1 is 1.62 bits per heavy atom. The van der Waals surface area contributed by atoms with Gasteiger partial charge in [0.2, 0.25) is 5.91 Å². The third kappa shape index (κ3) is 0.573. The van der Waals surface area contributed by atoms with Crippen LogP contribution in [0.1, 0.15) is 13.8 Å². The molecule has 0 N–H and O–H groups in total. The number of nitrogens with zero attached hydrogens (tertiary/aromatic N) is 1. The second-order valence-electron chi connectivity index (χ2n) is 2.18. The Morgan fingerprint density at radius 2 is 2.12 bits per heavy atom. The van der Waals surface area contributed by atoms with Gasteiger partial charge in [-0.25, -0.2) is 0 Å². The molecule has 0 aromatic rings. The molecule has 2 nitrogen and oxygen atoms in total. The molecule has 0 aliphatic carbocycles. The highest BCUT2D eigenvalue weighted by Crippen LogP contribution is 2.28. The van der Waals surface area contributed by atoms with Crippen molar-refractivity contribution in [1.82, 2.24) is 3.93 Å². The van der Waals surface area contributed by atoms with Gasteiger partial charge >= 0.3 is 0 Å². The highest BCUT2D eigenvalue weighted by atomic mass is 79.9. The van der Waals surface area contributed by atoms with E-state index in [1.165, 1.54) is 0 Å². The zero-order valence-electron chi connectivity index (χ0n) is 4.89. The molecule has 3 heteroatoms. The van der Waals surface area contributed by atoms with E-state index in [0.717, 1.165) is 0 Å². The molecule has 1 heterocycles. The maximum atomic E-state index is 10.7. The second-order valence-corrected chi connectivity index (χ2v) is 2.94. The van der Waals surface area contributed by atoms with Crippen molar-refractivity contribution in [1.29, 1.82) is 0 Å². The molecule has 0 spiro atoms. The van der Waals surface area contributed by atoms with Gasteiger partial charge in [0.15, 0.2) is 0 Å². The van der Waals surface area contributed by atoms with E-state index in [0.29, 0.717) is 6.04 Å². The fourth-order valence-corrected chi connectivity index (χ4v) is 1.39. The Hall–Kier alpha value is -0.0500. The van der Waals surface area contributed by atoms with Gasteiger partial charge < -0.3 is 0 Å². The van der Waals surface area contributed by atoms with Gasteiger partial charge in [0.1, 0.15) is 0 Å². The minimum Gasteiger partial charge on any atom is -0.275 e. The first kappa shape index (κ1) is 6.08. The predicted octanol–water partition coefficient (Wildman–Crippen LogP) is 1.16. The van der Waals surface area contributed by atoms with E-state index in [2.05, 4.69) is 16.1 Å². The van der Waals surface area contributed by atoms with Crippen LogP contribution in [-0.4, -0.2) is 15.9 Å². The topological polar surface area (TPSA) is 20.3 Å². The Labute approximate surface area is 57.2 Å². The Morgan fingerprint density at radius 3 is 2.25 bits per heavy atom. The standard InChI is InChI=1S/C5H8BrNO/c1-3-4(2)7(6)5(3)8/h3-4H,1-2H3. The molecule has 2 unspecified atom stereocenters. The van der Waals surface area contributed by atoms with Gasteiger partial charge in [-0.15, -0.1) is 0 Å². The molecule has 1 aliphatic rings. The van der Waals surface area contributed by atoms with Crippen molar-refractivity contribution < 1.29 is 4.79 Å². The molecule has 8 heavy (non-hydrogen) atoms. The Kier molecular flexibility index (Phi) is 1.31. The first-order valence-electron chi connectivity index (χ1n) is 2.63. The van der Waals surface area contributed by atoms with Gasteiger partial charge in [-0.1, -0.05) is 6.92 Å². The summed E-state index contributed by atoms with van der Waals surface area (Å²) in [7, 11) is 0. The highest BCUT2D eigenvalue weighted by molar-refractivity contribution is 9.07. The lowest BCUT2D eigenvalue weighted by Gasteiger charge is -2.38. The number of amides is 1. The SMILES string of the molecule is CC1C(=O)N(Br)C1C. The van der Waals surface area contributed by atoms with Gasteiger partial charge in [-0.2, -0.15) is 0 Å². The molecule has 1 rings (SSSR count). The molecular weight excluding hydrogens is 170 g/mol. The summed E-state index contributed by atoms with van der Waals surface area (Å²) in [6, 6.07) is 0.377. The lowest BCUT2D eigenvalue weighted by Crippen LogP contribution is -2.52. The largest absolute Gasteiger partial charge is 0.275 e. The fraction of sp³-hybridized carbons (Fsp3) is 0.800. The molecule has 1 amide bonds. The van der Waals surface area contributed by atoms with E-state index in [1.54, 1.807) is 3.93 Å². The number of carbonyl (C=O) groups excluding carboxylic acids is 1. The van der Waals surface area contributed by atoms with E-state index < -0.39 is 0 Å². The minimum atomic E-state index is 0.192. The van der Waals surface area contributed by atoms with E-state index in [9.17, 15) is 4.79 Å². The van der Waals surface area contributed by atoms with Crippen molar-refractivity contribution in [3.8, 4) is 0 Å². The average molecular weight is 178 g/mol. The summed E-state index contributed by atoms with van der Waals surface area (Å²) in [6.45, 7) is 3.95. The maximum Gasteiger partial charge on any atom is 0.237 e. The molecule has 1 aliphatic heterocycles. The molecule has 0 radical (unpaired) electrons. The average Bonchev–Trinajstić information content (AvgIpc) is 1.83. The first-order valence-corrected chi connectivity index (χ1v) is 3.34. The molecule has 0 saturated carbocycles. The first-order chi connectivity index (χ1) is 3.64. The maximum absolute atomic E-state index is 10.7. The zero-order valence-corrected chi connectivity index (χ0v) is 6.47. The molecule has 0 bridgehead atoms. The van der Waals surface area contributed by atoms with Crippen LogP contribution in [0.4, 0.5) is 0 Å². The molecule has 46 valence electrons. The Bertz CT molecular complexity index is 114. The van der Waals surface area contributed by atoms with E-state index in [1.807, 2.05) is 13.8 Å². The van der Waals surface area contributed by atoms with Crippen LogP contribution >= 0.6 is 16.1 Å². The lowest BCUT2D eigenvalue weighted by molar-refractivity contribution is -0.142. The Balaban J connectivity index is 2.55. The van der Waals surface area contributed by atoms with Crippen LogP contribution in [0.3, 0.4) is 0 Å². The van der Waals surface area contributed by atoms with Crippen LogP contribution in [0.25, 0.3) is 0 Å². The van der Waals surface area contributed by atoms with Crippen LogP contribution in [-0.2, 0) is 4.79 Å². The van der Waals surface area contributed by atoms with Crippen molar-refractivity contribution in [3.63, 3.8) is 0 Å². The summed E-state index contributed by atoms with van der Waals surface area (Å²) in [5, 5.41) is 0. The third-order valence-electron chi connectivity index (χ3n) is 1.68. The number of halogens is 1. The minimum absolute atomic E-state index is 0.192. The fourth-order valence-electron chi connectivity index (χ4n) is 0.716. The van der Waals surface area contributed by atoms with Crippen molar-refractivity contribution in [2.75, 3.05) is 0 Å². The summed E-state index contributed by atoms with van der Waals surface area (Å²) in [4.78, 5) is 10.7. The van der Waals surface area contributed by atoms with Crippen LogP contribution in [0.15, 0.2) is 0 Å². The van der Waals surface area contributed by atoms with E-state index >= 15 is 0 Å². The molecular formula is C5H8BrNO. The van der Waals surface area contributed by atoms with Crippen molar-refractivity contribution in [2.45, 2.75) is 19.9 Å². The molecule has 2 atom stereocenters. The molecule has 0 aromatic carbocycles. The number of carbonyl (C=O) groups is 1. The van der Waals surface area contributed by atoms with E-state index in [4.69, 9.17) is 0 Å². The lowest BCUT2D eigenvalue weighted by atomic mass is 9.95. The molecule has 1 saturated heterocycles. The normalized spacial score (nSPS) is 37.4. The summed E-state index contributed by atoms with van der Waals surface area (Å²) in [6.07, 6.45) is 0. The van der Waals surface area contributed by atoms with Crippen molar-refractivity contribution in [3.05, 3.63) is 0 Å². The molecule has 1 fully saturated rings. The number of rotatable bonds is 0. The third-order valence-corrected chi connectivity index (χ3v) is 2.68. The van der Waals surface area contributed by atoms with Crippen LogP contribution in [0.2, 0.25) is 0 Å². The highest BCUT2D eigenvalue weighted by Gasteiger charge is 2.39. The van der Waals surface area contributed by atoms with Gasteiger partial charge in [0, 0.05) is 0 Å². The second kappa shape index (κ2) is 1.72. The van der Waals surface area contributed by atoms with Gasteiger partial charge in [0.25, 0.3) is 0 Å². The predicted molar refractivity (Wildman–Crippen MR) is 34.4 cm³/mol. The smallest absolute Gasteiger partial charge is 0.237 e.